The van der Waals surface area contributed by atoms with Gasteiger partial charge in [0, 0.05) is 16.3 Å². The van der Waals surface area contributed by atoms with Gasteiger partial charge >= 0.3 is 5.97 Å². The number of aryl methyl sites for hydroxylation is 1. The second-order valence-electron chi connectivity index (χ2n) is 4.39. The lowest BCUT2D eigenvalue weighted by molar-refractivity contribution is -0.138. The van der Waals surface area contributed by atoms with E-state index in [1.165, 1.54) is 0 Å². The van der Waals surface area contributed by atoms with Crippen LogP contribution in [0, 0.1) is 0 Å². The van der Waals surface area contributed by atoms with Crippen molar-refractivity contribution in [3.8, 4) is 11.4 Å². The van der Waals surface area contributed by atoms with E-state index < -0.39 is 11.9 Å². The standard InChI is InChI=1S/C13H11ClN2O2/c14-8-3-1-7(2-4-8)12-15-10-6-5-9(13(17)18)11(10)16-12/h1-4,9H,5-6H2,(H,15,16)(H,17,18). The zero-order chi connectivity index (χ0) is 12.7. The van der Waals surface area contributed by atoms with E-state index in [2.05, 4.69) is 9.97 Å². The smallest absolute Gasteiger partial charge is 0.312 e. The van der Waals surface area contributed by atoms with Gasteiger partial charge in [0.15, 0.2) is 0 Å². The minimum absolute atomic E-state index is 0.475. The van der Waals surface area contributed by atoms with Crippen molar-refractivity contribution in [2.45, 2.75) is 18.8 Å². The number of hydrogen-bond donors (Lipinski definition) is 2. The van der Waals surface area contributed by atoms with E-state index in [1.54, 1.807) is 12.1 Å². The molecule has 1 aliphatic carbocycles. The van der Waals surface area contributed by atoms with Crippen molar-refractivity contribution in [2.24, 2.45) is 0 Å². The van der Waals surface area contributed by atoms with Crippen molar-refractivity contribution in [1.29, 1.82) is 0 Å². The summed E-state index contributed by atoms with van der Waals surface area (Å²) in [7, 11) is 0. The van der Waals surface area contributed by atoms with Gasteiger partial charge in [-0.1, -0.05) is 11.6 Å². The summed E-state index contributed by atoms with van der Waals surface area (Å²) in [4.78, 5) is 18.7. The fourth-order valence-corrected chi connectivity index (χ4v) is 2.44. The van der Waals surface area contributed by atoms with E-state index in [-0.39, 0.29) is 0 Å². The molecule has 92 valence electrons. The highest BCUT2D eigenvalue weighted by molar-refractivity contribution is 6.30. The van der Waals surface area contributed by atoms with E-state index in [0.29, 0.717) is 23.0 Å². The molecule has 4 nitrogen and oxygen atoms in total. The minimum atomic E-state index is -0.803. The summed E-state index contributed by atoms with van der Waals surface area (Å²) in [5, 5.41) is 9.77. The summed E-state index contributed by atoms with van der Waals surface area (Å²) in [6.07, 6.45) is 1.37. The highest BCUT2D eigenvalue weighted by Crippen LogP contribution is 2.33. The highest BCUT2D eigenvalue weighted by atomic mass is 35.5. The quantitative estimate of drug-likeness (QED) is 0.875. The maximum Gasteiger partial charge on any atom is 0.312 e. The topological polar surface area (TPSA) is 66.0 Å². The third-order valence-electron chi connectivity index (χ3n) is 3.24. The Kier molecular flexibility index (Phi) is 2.59. The van der Waals surface area contributed by atoms with Crippen LogP contribution in [-0.2, 0) is 11.2 Å². The van der Waals surface area contributed by atoms with Crippen LogP contribution in [0.25, 0.3) is 11.4 Å². The summed E-state index contributed by atoms with van der Waals surface area (Å²) < 4.78 is 0. The largest absolute Gasteiger partial charge is 0.481 e. The summed E-state index contributed by atoms with van der Waals surface area (Å²) in [5.74, 6) is -0.567. The number of rotatable bonds is 2. The van der Waals surface area contributed by atoms with Gasteiger partial charge in [0.05, 0.1) is 5.69 Å². The molecule has 1 atom stereocenters. The van der Waals surface area contributed by atoms with E-state index in [4.69, 9.17) is 16.7 Å². The number of carbonyl (C=O) groups is 1. The van der Waals surface area contributed by atoms with Crippen LogP contribution in [0.5, 0.6) is 0 Å². The van der Waals surface area contributed by atoms with Crippen LogP contribution in [0.1, 0.15) is 23.7 Å². The number of imidazole rings is 1. The first-order valence-corrected chi connectivity index (χ1v) is 6.10. The van der Waals surface area contributed by atoms with Crippen molar-refractivity contribution >= 4 is 17.6 Å². The molecule has 0 fully saturated rings. The molecule has 5 heteroatoms. The van der Waals surface area contributed by atoms with Gasteiger partial charge in [-0.15, -0.1) is 0 Å². The molecule has 1 heterocycles. The Morgan fingerprint density at radius 3 is 2.78 bits per heavy atom. The molecule has 0 spiro atoms. The lowest BCUT2D eigenvalue weighted by Gasteiger charge is -2.01. The van der Waals surface area contributed by atoms with E-state index in [0.717, 1.165) is 17.7 Å². The molecule has 1 aliphatic rings. The molecule has 0 bridgehead atoms. The Balaban J connectivity index is 1.99. The predicted molar refractivity (Wildman–Crippen MR) is 67.7 cm³/mol. The van der Waals surface area contributed by atoms with Gasteiger partial charge in [0.2, 0.25) is 0 Å². The number of carboxylic acids is 1. The number of fused-ring (bicyclic) bond motifs is 1. The maximum absolute atomic E-state index is 11.1. The van der Waals surface area contributed by atoms with Crippen molar-refractivity contribution in [3.05, 3.63) is 40.7 Å². The van der Waals surface area contributed by atoms with Crippen molar-refractivity contribution in [3.63, 3.8) is 0 Å². The maximum atomic E-state index is 11.1. The Morgan fingerprint density at radius 1 is 1.39 bits per heavy atom. The molecule has 2 N–H and O–H groups in total. The first-order valence-electron chi connectivity index (χ1n) is 5.72. The SMILES string of the molecule is O=C(O)C1CCc2[nH]c(-c3ccc(Cl)cc3)nc21. The van der Waals surface area contributed by atoms with Gasteiger partial charge in [0.25, 0.3) is 0 Å². The molecule has 0 amide bonds. The lowest BCUT2D eigenvalue weighted by atomic mass is 10.1. The van der Waals surface area contributed by atoms with Gasteiger partial charge in [-0.05, 0) is 37.1 Å². The number of hydrogen-bond acceptors (Lipinski definition) is 2. The molecule has 2 aromatic rings. The number of aromatic amines is 1. The molecule has 1 unspecified atom stereocenters. The molecular weight excluding hydrogens is 252 g/mol. The summed E-state index contributed by atoms with van der Waals surface area (Å²) in [5.41, 5.74) is 2.53. The molecule has 0 radical (unpaired) electrons. The van der Waals surface area contributed by atoms with Crippen LogP contribution < -0.4 is 0 Å². The summed E-state index contributed by atoms with van der Waals surface area (Å²) in [6, 6.07) is 7.32. The number of halogens is 1. The van der Waals surface area contributed by atoms with Crippen molar-refractivity contribution < 1.29 is 9.90 Å². The number of carboxylic acid groups (broad SMARTS) is 1. The number of H-pyrrole nitrogens is 1. The van der Waals surface area contributed by atoms with Crippen LogP contribution in [0.15, 0.2) is 24.3 Å². The molecule has 18 heavy (non-hydrogen) atoms. The van der Waals surface area contributed by atoms with Crippen molar-refractivity contribution in [1.82, 2.24) is 9.97 Å². The van der Waals surface area contributed by atoms with Gasteiger partial charge in [-0.25, -0.2) is 4.98 Å². The molecule has 0 aliphatic heterocycles. The third kappa shape index (κ3) is 1.78. The van der Waals surface area contributed by atoms with Gasteiger partial charge in [0.1, 0.15) is 11.7 Å². The summed E-state index contributed by atoms with van der Waals surface area (Å²) in [6.45, 7) is 0. The Labute approximate surface area is 109 Å². The van der Waals surface area contributed by atoms with E-state index in [9.17, 15) is 4.79 Å². The normalized spacial score (nSPS) is 17.7. The first-order chi connectivity index (χ1) is 8.65. The van der Waals surface area contributed by atoms with Crippen LogP contribution in [0.2, 0.25) is 5.02 Å². The molecule has 0 saturated carbocycles. The van der Waals surface area contributed by atoms with Gasteiger partial charge < -0.3 is 10.1 Å². The number of nitrogens with zero attached hydrogens (tertiary/aromatic N) is 1. The minimum Gasteiger partial charge on any atom is -0.481 e. The van der Waals surface area contributed by atoms with Crippen LogP contribution in [-0.4, -0.2) is 21.0 Å². The lowest BCUT2D eigenvalue weighted by Crippen LogP contribution is -2.08. The Morgan fingerprint density at radius 2 is 2.11 bits per heavy atom. The molecule has 1 aromatic heterocycles. The predicted octanol–water partition coefficient (Wildman–Crippen LogP) is 2.84. The third-order valence-corrected chi connectivity index (χ3v) is 3.49. The summed E-state index contributed by atoms with van der Waals surface area (Å²) >= 11 is 5.83. The van der Waals surface area contributed by atoms with Gasteiger partial charge in [-0.2, -0.15) is 0 Å². The molecule has 0 saturated heterocycles. The monoisotopic (exact) mass is 262 g/mol. The fraction of sp³-hybridized carbons (Fsp3) is 0.231. The molecular formula is C13H11ClN2O2. The second-order valence-corrected chi connectivity index (χ2v) is 4.82. The average molecular weight is 263 g/mol. The van der Waals surface area contributed by atoms with Crippen LogP contribution in [0.3, 0.4) is 0 Å². The van der Waals surface area contributed by atoms with E-state index >= 15 is 0 Å². The average Bonchev–Trinajstić information content (AvgIpc) is 2.88. The number of aliphatic carboxylic acids is 1. The number of aromatic nitrogens is 2. The zero-order valence-electron chi connectivity index (χ0n) is 9.48. The highest BCUT2D eigenvalue weighted by Gasteiger charge is 2.32. The second kappa shape index (κ2) is 4.14. The molecule has 1 aromatic carbocycles. The Bertz CT molecular complexity index is 604. The Hall–Kier alpha value is -1.81. The number of benzene rings is 1. The van der Waals surface area contributed by atoms with Gasteiger partial charge in [-0.3, -0.25) is 4.79 Å². The first kappa shape index (κ1) is 11.3. The molecule has 3 rings (SSSR count). The fourth-order valence-electron chi connectivity index (χ4n) is 2.31. The van der Waals surface area contributed by atoms with Crippen LogP contribution >= 0.6 is 11.6 Å². The zero-order valence-corrected chi connectivity index (χ0v) is 10.2. The van der Waals surface area contributed by atoms with E-state index in [1.807, 2.05) is 12.1 Å². The van der Waals surface area contributed by atoms with Crippen LogP contribution in [0.4, 0.5) is 0 Å². The van der Waals surface area contributed by atoms with Crippen molar-refractivity contribution in [2.75, 3.05) is 0 Å². The number of nitrogens with one attached hydrogen (secondary N) is 1.